The van der Waals surface area contributed by atoms with Gasteiger partial charge >= 0.3 is 0 Å². The summed E-state index contributed by atoms with van der Waals surface area (Å²) in [6.45, 7) is 4.50. The van der Waals surface area contributed by atoms with E-state index in [2.05, 4.69) is 17.0 Å². The summed E-state index contributed by atoms with van der Waals surface area (Å²) >= 11 is 0. The average molecular weight is 462 g/mol. The molecule has 3 aromatic carbocycles. The van der Waals surface area contributed by atoms with Crippen molar-refractivity contribution in [2.75, 3.05) is 20.8 Å². The minimum absolute atomic E-state index is 0.409. The lowest BCUT2D eigenvalue weighted by Gasteiger charge is -2.28. The standard InChI is InChI=1S/C28H31NO5/c1-28(2)25(19-30)29(27(34-28)26-23(31-3)11-8-12-24(26)32-4)18-17-20-13-15-22(16-14-20)33-21-9-6-5-7-10-21/h5-16,19,25,27H,17-18H2,1-4H3. The summed E-state index contributed by atoms with van der Waals surface area (Å²) in [6, 6.07) is 23.0. The number of ether oxygens (including phenoxy) is 4. The van der Waals surface area contributed by atoms with E-state index in [0.717, 1.165) is 35.3 Å². The number of carbonyl (C=O) groups is 1. The first-order valence-corrected chi connectivity index (χ1v) is 11.4. The maximum atomic E-state index is 12.1. The van der Waals surface area contributed by atoms with Crippen molar-refractivity contribution < 1.29 is 23.7 Å². The van der Waals surface area contributed by atoms with Crippen molar-refractivity contribution >= 4 is 6.29 Å². The van der Waals surface area contributed by atoms with Crippen LogP contribution in [-0.2, 0) is 16.0 Å². The normalized spacial score (nSPS) is 19.5. The van der Waals surface area contributed by atoms with Crippen LogP contribution in [0.2, 0.25) is 0 Å². The number of methoxy groups -OCH3 is 2. The van der Waals surface area contributed by atoms with Crippen LogP contribution in [-0.4, -0.2) is 43.6 Å². The SMILES string of the molecule is COc1cccc(OC)c1C1OC(C)(C)C(C=O)N1CCc1ccc(Oc2ccccc2)cc1. The van der Waals surface area contributed by atoms with Gasteiger partial charge in [0.2, 0.25) is 0 Å². The summed E-state index contributed by atoms with van der Waals surface area (Å²) in [5.41, 5.74) is 1.27. The van der Waals surface area contributed by atoms with Crippen LogP contribution in [0, 0.1) is 0 Å². The molecule has 0 amide bonds. The molecule has 1 saturated heterocycles. The predicted octanol–water partition coefficient (Wildman–Crippen LogP) is 5.42. The molecule has 0 spiro atoms. The van der Waals surface area contributed by atoms with E-state index in [-0.39, 0.29) is 0 Å². The van der Waals surface area contributed by atoms with Gasteiger partial charge in [-0.2, -0.15) is 0 Å². The predicted molar refractivity (Wildman–Crippen MR) is 131 cm³/mol. The van der Waals surface area contributed by atoms with Gasteiger partial charge < -0.3 is 23.7 Å². The molecule has 1 fully saturated rings. The number of carbonyl (C=O) groups excluding carboxylic acids is 1. The molecule has 1 heterocycles. The second-order valence-electron chi connectivity index (χ2n) is 8.78. The molecule has 1 aliphatic heterocycles. The molecule has 2 atom stereocenters. The topological polar surface area (TPSA) is 57.2 Å². The number of aldehydes is 1. The van der Waals surface area contributed by atoms with Crippen LogP contribution < -0.4 is 14.2 Å². The van der Waals surface area contributed by atoms with Crippen LogP contribution in [0.5, 0.6) is 23.0 Å². The van der Waals surface area contributed by atoms with Crippen molar-refractivity contribution in [3.8, 4) is 23.0 Å². The lowest BCUT2D eigenvalue weighted by molar-refractivity contribution is -0.113. The Morgan fingerprint density at radius 2 is 1.50 bits per heavy atom. The van der Waals surface area contributed by atoms with Crippen molar-refractivity contribution in [1.82, 2.24) is 4.90 Å². The van der Waals surface area contributed by atoms with Gasteiger partial charge in [0.05, 0.1) is 31.4 Å². The van der Waals surface area contributed by atoms with Gasteiger partial charge in [-0.25, -0.2) is 0 Å². The van der Waals surface area contributed by atoms with E-state index >= 15 is 0 Å². The molecule has 0 saturated carbocycles. The van der Waals surface area contributed by atoms with Crippen molar-refractivity contribution in [3.05, 3.63) is 83.9 Å². The monoisotopic (exact) mass is 461 g/mol. The third-order valence-corrected chi connectivity index (χ3v) is 6.19. The fraction of sp³-hybridized carbons (Fsp3) is 0.321. The number of hydrogen-bond donors (Lipinski definition) is 0. The largest absolute Gasteiger partial charge is 0.496 e. The summed E-state index contributed by atoms with van der Waals surface area (Å²) in [5, 5.41) is 0. The number of benzene rings is 3. The van der Waals surface area contributed by atoms with E-state index in [9.17, 15) is 4.79 Å². The smallest absolute Gasteiger partial charge is 0.145 e. The third-order valence-electron chi connectivity index (χ3n) is 6.19. The fourth-order valence-electron chi connectivity index (χ4n) is 4.42. The Bertz CT molecular complexity index is 1080. The number of para-hydroxylation sites is 1. The molecule has 0 bridgehead atoms. The van der Waals surface area contributed by atoms with E-state index in [1.54, 1.807) is 14.2 Å². The quantitative estimate of drug-likeness (QED) is 0.397. The van der Waals surface area contributed by atoms with Crippen molar-refractivity contribution in [2.24, 2.45) is 0 Å². The molecule has 3 aromatic rings. The molecule has 0 aromatic heterocycles. The van der Waals surface area contributed by atoms with Gasteiger partial charge in [0, 0.05) is 6.54 Å². The summed E-state index contributed by atoms with van der Waals surface area (Å²) in [4.78, 5) is 14.2. The van der Waals surface area contributed by atoms with E-state index in [0.29, 0.717) is 18.0 Å². The molecule has 4 rings (SSSR count). The molecule has 2 unspecified atom stereocenters. The molecule has 6 heteroatoms. The van der Waals surface area contributed by atoms with Gasteiger partial charge in [0.25, 0.3) is 0 Å². The molecular formula is C28H31NO5. The van der Waals surface area contributed by atoms with Crippen LogP contribution in [0.1, 0.15) is 31.2 Å². The van der Waals surface area contributed by atoms with Crippen LogP contribution in [0.3, 0.4) is 0 Å². The third kappa shape index (κ3) is 4.93. The Labute approximate surface area is 201 Å². The highest BCUT2D eigenvalue weighted by atomic mass is 16.5. The first kappa shape index (κ1) is 23.8. The second kappa shape index (κ2) is 10.3. The Morgan fingerprint density at radius 1 is 0.882 bits per heavy atom. The molecule has 0 radical (unpaired) electrons. The van der Waals surface area contributed by atoms with Crippen LogP contribution in [0.25, 0.3) is 0 Å². The van der Waals surface area contributed by atoms with E-state index in [4.69, 9.17) is 18.9 Å². The summed E-state index contributed by atoms with van der Waals surface area (Å²) in [7, 11) is 3.25. The van der Waals surface area contributed by atoms with Gasteiger partial charge in [-0.15, -0.1) is 0 Å². The van der Waals surface area contributed by atoms with Gasteiger partial charge in [-0.3, -0.25) is 4.90 Å². The Kier molecular flexibility index (Phi) is 7.20. The van der Waals surface area contributed by atoms with Crippen molar-refractivity contribution in [1.29, 1.82) is 0 Å². The zero-order valence-electron chi connectivity index (χ0n) is 20.1. The van der Waals surface area contributed by atoms with Crippen molar-refractivity contribution in [2.45, 2.75) is 38.1 Å². The molecular weight excluding hydrogens is 430 g/mol. The lowest BCUT2D eigenvalue weighted by Crippen LogP contribution is -2.43. The summed E-state index contributed by atoms with van der Waals surface area (Å²) in [5.74, 6) is 2.91. The zero-order chi connectivity index (χ0) is 24.1. The Balaban J connectivity index is 1.55. The van der Waals surface area contributed by atoms with Gasteiger partial charge in [-0.05, 0) is 62.2 Å². The molecule has 178 valence electrons. The molecule has 1 aliphatic rings. The molecule has 0 aliphatic carbocycles. The highest BCUT2D eigenvalue weighted by Gasteiger charge is 2.49. The average Bonchev–Trinajstić information content (AvgIpc) is 3.12. The number of hydrogen-bond acceptors (Lipinski definition) is 6. The number of nitrogens with zero attached hydrogens (tertiary/aromatic N) is 1. The van der Waals surface area contributed by atoms with Crippen LogP contribution in [0.4, 0.5) is 0 Å². The van der Waals surface area contributed by atoms with Gasteiger partial charge in [0.15, 0.2) is 0 Å². The highest BCUT2D eigenvalue weighted by Crippen LogP contribution is 2.46. The highest BCUT2D eigenvalue weighted by molar-refractivity contribution is 5.61. The Hall–Kier alpha value is -3.35. The lowest BCUT2D eigenvalue weighted by atomic mass is 9.99. The first-order chi connectivity index (χ1) is 16.5. The molecule has 34 heavy (non-hydrogen) atoms. The van der Waals surface area contributed by atoms with Crippen LogP contribution >= 0.6 is 0 Å². The maximum absolute atomic E-state index is 12.1. The summed E-state index contributed by atoms with van der Waals surface area (Å²) < 4.78 is 23.6. The fourth-order valence-corrected chi connectivity index (χ4v) is 4.42. The second-order valence-corrected chi connectivity index (χ2v) is 8.78. The van der Waals surface area contributed by atoms with Crippen LogP contribution in [0.15, 0.2) is 72.8 Å². The van der Waals surface area contributed by atoms with Crippen molar-refractivity contribution in [3.63, 3.8) is 0 Å². The van der Waals surface area contributed by atoms with Gasteiger partial charge in [-0.1, -0.05) is 36.4 Å². The number of rotatable bonds is 9. The minimum atomic E-state index is -0.661. The van der Waals surface area contributed by atoms with Gasteiger partial charge in [0.1, 0.15) is 35.5 Å². The van der Waals surface area contributed by atoms with E-state index < -0.39 is 17.9 Å². The first-order valence-electron chi connectivity index (χ1n) is 11.4. The summed E-state index contributed by atoms with van der Waals surface area (Å²) in [6.07, 6.45) is 1.24. The van der Waals surface area contributed by atoms with E-state index in [1.807, 2.05) is 74.5 Å². The molecule has 6 nitrogen and oxygen atoms in total. The minimum Gasteiger partial charge on any atom is -0.496 e. The zero-order valence-corrected chi connectivity index (χ0v) is 20.1. The Morgan fingerprint density at radius 3 is 2.09 bits per heavy atom. The molecule has 0 N–H and O–H groups in total. The van der Waals surface area contributed by atoms with E-state index in [1.165, 1.54) is 0 Å². The maximum Gasteiger partial charge on any atom is 0.145 e.